The van der Waals surface area contributed by atoms with Gasteiger partial charge >= 0.3 is 25.4 Å². The number of anilines is 1. The zero-order valence-corrected chi connectivity index (χ0v) is 30.9. The molecule has 4 N–H and O–H groups in total. The van der Waals surface area contributed by atoms with Crippen LogP contribution < -0.4 is 19.7 Å². The highest BCUT2D eigenvalue weighted by Gasteiger charge is 2.31. The van der Waals surface area contributed by atoms with Crippen LogP contribution in [0.3, 0.4) is 0 Å². The molecule has 0 aromatic heterocycles. The number of para-hydroxylation sites is 1. The zero-order valence-electron chi connectivity index (χ0n) is 28.5. The lowest BCUT2D eigenvalue weighted by atomic mass is 10.0. The first-order chi connectivity index (χ1) is 24.3. The minimum Gasteiger partial charge on any atom is -0.487 e. The smallest absolute Gasteiger partial charge is 0.416 e. The number of aliphatic carboxylic acids is 1. The monoisotopic (exact) mass is 799 g/mol. The van der Waals surface area contributed by atoms with Crippen LogP contribution in [0.15, 0.2) is 54.6 Å². The molecule has 0 aliphatic carbocycles. The van der Waals surface area contributed by atoms with Crippen molar-refractivity contribution in [1.29, 1.82) is 0 Å². The highest BCUT2D eigenvalue weighted by atomic mass is 35.5. The van der Waals surface area contributed by atoms with Gasteiger partial charge in [0, 0.05) is 19.2 Å². The van der Waals surface area contributed by atoms with Crippen LogP contribution in [0.2, 0.25) is 5.02 Å². The normalized spacial score (nSPS) is 11.0. The molecule has 0 radical (unpaired) electrons. The number of rotatable bonds is 15. The number of hydrogen-bond acceptors (Lipinski definition) is 9. The summed E-state index contributed by atoms with van der Waals surface area (Å²) in [6, 6.07) is 12.5. The molecule has 0 spiro atoms. The number of nitrogens with one attached hydrogen (secondary N) is 1. The Kier molecular flexibility index (Phi) is 19.7. The molecule has 52 heavy (non-hydrogen) atoms. The van der Waals surface area contributed by atoms with E-state index < -0.39 is 43.1 Å². The van der Waals surface area contributed by atoms with E-state index in [-0.39, 0.29) is 53.1 Å². The first-order valence-corrected chi connectivity index (χ1v) is 17.9. The molecule has 0 atom stereocenters. The van der Waals surface area contributed by atoms with Crippen LogP contribution in [0.4, 0.5) is 24.5 Å². The summed E-state index contributed by atoms with van der Waals surface area (Å²) in [5.41, 5.74) is 2.09. The molecule has 0 heterocycles. The first-order valence-electron chi connectivity index (χ1n) is 15.2. The van der Waals surface area contributed by atoms with Gasteiger partial charge in [0.15, 0.2) is 0 Å². The molecule has 0 aliphatic rings. The molecular weight excluding hydrogens is 761 g/mol. The number of benzene rings is 3. The number of nitrogens with zero attached hydrogens (tertiary/aromatic N) is 2. The second-order valence-corrected chi connectivity index (χ2v) is 12.5. The highest BCUT2D eigenvalue weighted by Crippen LogP contribution is 2.38. The molecule has 0 fully saturated rings. The molecule has 20 heteroatoms. The van der Waals surface area contributed by atoms with Crippen LogP contribution in [-0.4, -0.2) is 70.9 Å². The number of ether oxygens (including phenoxy) is 3. The average molecular weight is 801 g/mol. The van der Waals surface area contributed by atoms with Crippen LogP contribution in [0, 0.1) is 10.1 Å². The van der Waals surface area contributed by atoms with E-state index in [0.29, 0.717) is 0 Å². The van der Waals surface area contributed by atoms with Crippen molar-refractivity contribution in [1.82, 2.24) is 5.32 Å². The number of methoxy groups -OCH3 is 1. The van der Waals surface area contributed by atoms with Gasteiger partial charge in [0.2, 0.25) is 11.7 Å². The minimum atomic E-state index is -4.52. The summed E-state index contributed by atoms with van der Waals surface area (Å²) in [4.78, 5) is 50.0. The second-order valence-electron chi connectivity index (χ2n) is 10.2. The van der Waals surface area contributed by atoms with Crippen molar-refractivity contribution in [2.24, 2.45) is 0 Å². The summed E-state index contributed by atoms with van der Waals surface area (Å²) in [6.45, 7) is 5.80. The fourth-order valence-electron chi connectivity index (χ4n) is 4.20. The molecule has 14 nitrogen and oxygen atoms in total. The highest BCUT2D eigenvalue weighted by molar-refractivity contribution is 7.51. The van der Waals surface area contributed by atoms with Gasteiger partial charge in [-0.05, 0) is 55.2 Å². The Balaban J connectivity index is 0.000000426. The maximum Gasteiger partial charge on any atom is 0.416 e. The molecule has 1 amide bonds. The summed E-state index contributed by atoms with van der Waals surface area (Å²) < 4.78 is 63.6. The van der Waals surface area contributed by atoms with Crippen molar-refractivity contribution in [2.45, 2.75) is 39.8 Å². The molecule has 3 rings (SSSR count). The fourth-order valence-corrected chi connectivity index (χ4v) is 4.97. The van der Waals surface area contributed by atoms with Crippen LogP contribution in [-0.2, 0) is 37.9 Å². The van der Waals surface area contributed by atoms with Gasteiger partial charge in [-0.3, -0.25) is 34.5 Å². The molecule has 3 aromatic rings. The van der Waals surface area contributed by atoms with Gasteiger partial charge in [-0.25, -0.2) is 0 Å². The van der Waals surface area contributed by atoms with Crippen LogP contribution in [0.25, 0.3) is 0 Å². The number of nitro groups is 1. The minimum absolute atomic E-state index is 0.0111. The van der Waals surface area contributed by atoms with E-state index in [4.69, 9.17) is 52.3 Å². The topological polar surface area (TPSA) is 198 Å². The molecule has 0 unspecified atom stereocenters. The SMILES string of the molecule is CCOc1cc(Oc2ccc(C(F)(F)F)cc2Cl)ccc1[N+](=O)[O-].CCc1cccc(CC)c1N(COC)C(=O)CCl.O=C(O)CNCP(=O)(O)O. The third-order valence-electron chi connectivity index (χ3n) is 6.42. The Labute approximate surface area is 307 Å². The van der Waals surface area contributed by atoms with Crippen molar-refractivity contribution < 1.29 is 61.4 Å². The van der Waals surface area contributed by atoms with Gasteiger partial charge < -0.3 is 29.1 Å². The summed E-state index contributed by atoms with van der Waals surface area (Å²) in [5, 5.41) is 20.7. The van der Waals surface area contributed by atoms with E-state index in [1.54, 1.807) is 18.9 Å². The predicted octanol–water partition coefficient (Wildman–Crippen LogP) is 7.24. The number of carboxylic acids is 1. The van der Waals surface area contributed by atoms with Gasteiger partial charge in [0.25, 0.3) is 0 Å². The Morgan fingerprint density at radius 3 is 2.08 bits per heavy atom. The quantitative estimate of drug-likeness (QED) is 0.0396. The number of halogens is 5. The Hall–Kier alpha value is -3.96. The van der Waals surface area contributed by atoms with Gasteiger partial charge in [-0.2, -0.15) is 13.2 Å². The Bertz CT molecular complexity index is 1670. The Morgan fingerprint density at radius 1 is 1.02 bits per heavy atom. The summed E-state index contributed by atoms with van der Waals surface area (Å²) in [5.74, 6) is -1.19. The lowest BCUT2D eigenvalue weighted by Crippen LogP contribution is -2.35. The molecular formula is C32H39Cl2F3N3O11P. The van der Waals surface area contributed by atoms with Gasteiger partial charge in [-0.15, -0.1) is 11.6 Å². The maximum absolute atomic E-state index is 12.6. The van der Waals surface area contributed by atoms with E-state index >= 15 is 0 Å². The van der Waals surface area contributed by atoms with Crippen LogP contribution in [0.1, 0.15) is 37.5 Å². The average Bonchev–Trinajstić information content (AvgIpc) is 3.07. The largest absolute Gasteiger partial charge is 0.487 e. The van der Waals surface area contributed by atoms with Crippen LogP contribution >= 0.6 is 30.8 Å². The number of aryl methyl sites for hydroxylation is 2. The van der Waals surface area contributed by atoms with Crippen molar-refractivity contribution in [2.75, 3.05) is 44.1 Å². The Morgan fingerprint density at radius 2 is 1.63 bits per heavy atom. The molecule has 0 aliphatic heterocycles. The molecule has 0 saturated carbocycles. The molecule has 3 aromatic carbocycles. The summed E-state index contributed by atoms with van der Waals surface area (Å²) in [7, 11) is -2.52. The maximum atomic E-state index is 12.6. The van der Waals surface area contributed by atoms with Crippen molar-refractivity contribution in [3.05, 3.63) is 86.4 Å². The number of alkyl halides is 4. The standard InChI is InChI=1S/C15H11ClF3NO4.C14H20ClNO2.C3H8NO5P/c1-2-23-14-8-10(4-5-12(14)20(21)22)24-13-6-3-9(7-11(13)16)15(17,18)19;1-4-11-7-6-8-12(5-2)14(11)16(10-18-3)13(17)9-15;5-3(6)1-4-2-10(7,8)9/h3-8H,2H2,1H3;6-8H,4-5,9-10H2,1-3H3;4H,1-2H2,(H,5,6)(H2,7,8,9). The lowest BCUT2D eigenvalue weighted by Gasteiger charge is -2.26. The van der Waals surface area contributed by atoms with E-state index in [2.05, 4.69) is 19.2 Å². The second kappa shape index (κ2) is 22.2. The lowest BCUT2D eigenvalue weighted by molar-refractivity contribution is -0.385. The third-order valence-corrected chi connectivity index (χ3v) is 7.58. The number of carboxylic acid groups (broad SMARTS) is 1. The molecule has 288 valence electrons. The van der Waals surface area contributed by atoms with E-state index in [1.807, 2.05) is 18.2 Å². The van der Waals surface area contributed by atoms with Crippen molar-refractivity contribution in [3.63, 3.8) is 0 Å². The molecule has 0 bridgehead atoms. The van der Waals surface area contributed by atoms with Crippen molar-refractivity contribution >= 4 is 54.0 Å². The predicted molar refractivity (Wildman–Crippen MR) is 189 cm³/mol. The van der Waals surface area contributed by atoms with Gasteiger partial charge in [0.1, 0.15) is 24.1 Å². The number of carbonyl (C=O) groups excluding carboxylic acids is 1. The number of amides is 1. The summed E-state index contributed by atoms with van der Waals surface area (Å²) >= 11 is 11.5. The van der Waals surface area contributed by atoms with Crippen LogP contribution in [0.5, 0.6) is 17.2 Å². The zero-order chi connectivity index (χ0) is 39.6. The number of nitro benzene ring substituents is 1. The number of carbonyl (C=O) groups is 2. The first kappa shape index (κ1) is 46.1. The van der Waals surface area contributed by atoms with Crippen molar-refractivity contribution in [3.8, 4) is 17.2 Å². The van der Waals surface area contributed by atoms with Gasteiger partial charge in [0.05, 0.1) is 40.6 Å². The van der Waals surface area contributed by atoms with E-state index in [9.17, 15) is 37.4 Å². The van der Waals surface area contributed by atoms with E-state index in [0.717, 1.165) is 47.9 Å². The summed E-state index contributed by atoms with van der Waals surface area (Å²) in [6.07, 6.45) is -3.37. The molecule has 0 saturated heterocycles. The fraction of sp³-hybridized carbons (Fsp3) is 0.375. The third kappa shape index (κ3) is 15.7. The van der Waals surface area contributed by atoms with Gasteiger partial charge in [-0.1, -0.05) is 43.6 Å². The van der Waals surface area contributed by atoms with E-state index in [1.165, 1.54) is 18.2 Å². The number of hydrogen-bond donors (Lipinski definition) is 4.